The molecule has 0 nitrogen and oxygen atoms in total. The quantitative estimate of drug-likeness (QED) is 0.334. The minimum atomic E-state index is 0. The summed E-state index contributed by atoms with van der Waals surface area (Å²) in [5, 5.41) is 0. The van der Waals surface area contributed by atoms with Gasteiger partial charge >= 0.3 is 0 Å². The summed E-state index contributed by atoms with van der Waals surface area (Å²) in [5.74, 6) is 1.07. The number of thiol groups is 1. The monoisotopic (exact) mass is 234 g/mol. The van der Waals surface area contributed by atoms with Crippen LogP contribution < -0.4 is 0 Å². The molecule has 0 amide bonds. The molecule has 0 aromatic carbocycles. The molecular formula is C12H30SSi. The zero-order valence-electron chi connectivity index (χ0n) is 9.23. The zero-order valence-corrected chi connectivity index (χ0v) is 10.1. The normalized spacial score (nSPS) is 9.86. The second kappa shape index (κ2) is 16.0. The van der Waals surface area contributed by atoms with Crippen LogP contribution in [0.15, 0.2) is 0 Å². The maximum Gasteiger partial charge on any atom is -0.00979 e. The molecule has 14 heavy (non-hydrogen) atoms. The summed E-state index contributed by atoms with van der Waals surface area (Å²) in [6, 6.07) is 0. The molecule has 0 spiro atoms. The molecule has 0 aromatic heterocycles. The molecule has 0 heterocycles. The second-order valence-corrected chi connectivity index (χ2v) is 4.35. The van der Waals surface area contributed by atoms with Gasteiger partial charge in [-0.05, 0) is 23.1 Å². The molecule has 0 radical (unpaired) electrons. The fraction of sp³-hybridized carbons (Fsp3) is 1.00. The molecule has 0 saturated carbocycles. The Morgan fingerprint density at radius 1 is 0.643 bits per heavy atom. The van der Waals surface area contributed by atoms with E-state index in [0.29, 0.717) is 0 Å². The van der Waals surface area contributed by atoms with Gasteiger partial charge in [-0.3, -0.25) is 0 Å². The smallest absolute Gasteiger partial charge is 0.00979 e. The van der Waals surface area contributed by atoms with Gasteiger partial charge in [-0.2, -0.15) is 12.6 Å². The van der Waals surface area contributed by atoms with Crippen molar-refractivity contribution in [3.8, 4) is 0 Å². The molecule has 0 saturated heterocycles. The van der Waals surface area contributed by atoms with Gasteiger partial charge in [0, 0.05) is 0 Å². The lowest BCUT2D eigenvalue weighted by molar-refractivity contribution is 0.563. The number of rotatable bonds is 10. The molecule has 0 N–H and O–H groups in total. The van der Waals surface area contributed by atoms with Gasteiger partial charge in [0.15, 0.2) is 0 Å². The molecule has 0 bridgehead atoms. The van der Waals surface area contributed by atoms with E-state index in [1.807, 2.05) is 0 Å². The first-order chi connectivity index (χ1) is 6.41. The van der Waals surface area contributed by atoms with E-state index < -0.39 is 0 Å². The number of hydrogen-bond acceptors (Lipinski definition) is 1. The van der Waals surface area contributed by atoms with Gasteiger partial charge in [-0.1, -0.05) is 64.7 Å². The summed E-state index contributed by atoms with van der Waals surface area (Å²) < 4.78 is 0. The maximum atomic E-state index is 4.20. The molecule has 88 valence electrons. The largest absolute Gasteiger partial charge is 0.179 e. The molecule has 0 atom stereocenters. The lowest BCUT2D eigenvalue weighted by atomic mass is 10.1. The number of hydrogen-bond donors (Lipinski definition) is 1. The fourth-order valence-electron chi connectivity index (χ4n) is 1.60. The zero-order chi connectivity index (χ0) is 9.78. The summed E-state index contributed by atoms with van der Waals surface area (Å²) in [6.45, 7) is 2.28. The van der Waals surface area contributed by atoms with Crippen LogP contribution in [-0.2, 0) is 0 Å². The summed E-state index contributed by atoms with van der Waals surface area (Å²) >= 11 is 4.20. The minimum Gasteiger partial charge on any atom is -0.179 e. The first kappa shape index (κ1) is 17.0. The molecule has 0 aliphatic carbocycles. The minimum absolute atomic E-state index is 0. The molecular weight excluding hydrogens is 204 g/mol. The van der Waals surface area contributed by atoms with E-state index in [1.54, 1.807) is 0 Å². The Morgan fingerprint density at radius 2 is 1.00 bits per heavy atom. The third kappa shape index (κ3) is 15.1. The van der Waals surface area contributed by atoms with E-state index in [0.717, 1.165) is 5.75 Å². The average molecular weight is 235 g/mol. The van der Waals surface area contributed by atoms with Crippen molar-refractivity contribution in [3.63, 3.8) is 0 Å². The highest BCUT2D eigenvalue weighted by Gasteiger charge is 1.91. The summed E-state index contributed by atoms with van der Waals surface area (Å²) in [4.78, 5) is 0. The number of unbranched alkanes of at least 4 members (excludes halogenated alkanes) is 9. The summed E-state index contributed by atoms with van der Waals surface area (Å²) in [6.07, 6.45) is 14.2. The van der Waals surface area contributed by atoms with Crippen LogP contribution in [0.5, 0.6) is 0 Å². The Hall–Kier alpha value is 0.567. The highest BCUT2D eigenvalue weighted by atomic mass is 32.1. The van der Waals surface area contributed by atoms with E-state index in [4.69, 9.17) is 0 Å². The Bertz CT molecular complexity index is 76.4. The van der Waals surface area contributed by atoms with E-state index in [2.05, 4.69) is 19.6 Å². The van der Waals surface area contributed by atoms with Crippen molar-refractivity contribution in [3.05, 3.63) is 0 Å². The standard InChI is InChI=1S/C12H26S.H4Si/c1-2-3-4-5-6-7-8-9-10-11-12-13;/h13H,2-12H2,1H3;1H4. The second-order valence-electron chi connectivity index (χ2n) is 3.91. The third-order valence-electron chi connectivity index (χ3n) is 2.51. The van der Waals surface area contributed by atoms with Gasteiger partial charge in [-0.15, -0.1) is 0 Å². The van der Waals surface area contributed by atoms with Crippen LogP contribution in [0.25, 0.3) is 0 Å². The van der Waals surface area contributed by atoms with Crippen molar-refractivity contribution in [2.24, 2.45) is 0 Å². The molecule has 0 rings (SSSR count). The van der Waals surface area contributed by atoms with Crippen LogP contribution in [0.2, 0.25) is 0 Å². The van der Waals surface area contributed by atoms with Crippen molar-refractivity contribution < 1.29 is 0 Å². The van der Waals surface area contributed by atoms with Gasteiger partial charge in [-0.25, -0.2) is 0 Å². The van der Waals surface area contributed by atoms with Crippen LogP contribution in [0.4, 0.5) is 0 Å². The summed E-state index contributed by atoms with van der Waals surface area (Å²) in [7, 11) is 0. The molecule has 2 heteroatoms. The predicted octanol–water partition coefficient (Wildman–Crippen LogP) is 3.39. The van der Waals surface area contributed by atoms with Crippen molar-refractivity contribution >= 4 is 23.6 Å². The third-order valence-corrected chi connectivity index (χ3v) is 2.83. The van der Waals surface area contributed by atoms with E-state index in [-0.39, 0.29) is 11.0 Å². The highest BCUT2D eigenvalue weighted by molar-refractivity contribution is 7.80. The lowest BCUT2D eigenvalue weighted by Gasteiger charge is -2.00. The lowest BCUT2D eigenvalue weighted by Crippen LogP contribution is -1.81. The van der Waals surface area contributed by atoms with Crippen LogP contribution in [-0.4, -0.2) is 16.7 Å². The van der Waals surface area contributed by atoms with Gasteiger partial charge in [0.25, 0.3) is 0 Å². The van der Waals surface area contributed by atoms with Crippen molar-refractivity contribution in [2.75, 3.05) is 5.75 Å². The highest BCUT2D eigenvalue weighted by Crippen LogP contribution is 2.10. The van der Waals surface area contributed by atoms with Gasteiger partial charge < -0.3 is 0 Å². The van der Waals surface area contributed by atoms with Crippen molar-refractivity contribution in [2.45, 2.75) is 71.1 Å². The van der Waals surface area contributed by atoms with Crippen LogP contribution in [0.3, 0.4) is 0 Å². The fourth-order valence-corrected chi connectivity index (χ4v) is 1.82. The Kier molecular flexibility index (Phi) is 19.4. The molecule has 0 fully saturated rings. The van der Waals surface area contributed by atoms with E-state index in [9.17, 15) is 0 Å². The molecule has 0 aromatic rings. The first-order valence-corrected chi connectivity index (χ1v) is 6.66. The Morgan fingerprint density at radius 3 is 1.36 bits per heavy atom. The Balaban J connectivity index is 0. The maximum absolute atomic E-state index is 4.20. The SMILES string of the molecule is CCCCCCCCCCCCS.[SiH4]. The van der Waals surface area contributed by atoms with Gasteiger partial charge in [0.2, 0.25) is 0 Å². The average Bonchev–Trinajstić information content (AvgIpc) is 2.16. The van der Waals surface area contributed by atoms with Gasteiger partial charge in [0.1, 0.15) is 0 Å². The molecule has 0 unspecified atom stereocenters. The van der Waals surface area contributed by atoms with Crippen LogP contribution in [0.1, 0.15) is 71.1 Å². The van der Waals surface area contributed by atoms with E-state index in [1.165, 1.54) is 64.2 Å². The van der Waals surface area contributed by atoms with Crippen LogP contribution >= 0.6 is 12.6 Å². The topological polar surface area (TPSA) is 0 Å². The molecule has 0 aliphatic rings. The van der Waals surface area contributed by atoms with Crippen molar-refractivity contribution in [1.29, 1.82) is 0 Å². The Labute approximate surface area is 101 Å². The van der Waals surface area contributed by atoms with Crippen molar-refractivity contribution in [1.82, 2.24) is 0 Å². The van der Waals surface area contributed by atoms with Gasteiger partial charge in [0.05, 0.1) is 0 Å². The first-order valence-electron chi connectivity index (χ1n) is 6.02. The van der Waals surface area contributed by atoms with Crippen LogP contribution in [0, 0.1) is 0 Å². The van der Waals surface area contributed by atoms with E-state index >= 15 is 0 Å². The summed E-state index contributed by atoms with van der Waals surface area (Å²) in [5.41, 5.74) is 0. The molecule has 0 aliphatic heterocycles. The predicted molar refractivity (Wildman–Crippen MR) is 77.0 cm³/mol.